The second-order valence-corrected chi connectivity index (χ2v) is 7.65. The molecule has 6 heteroatoms. The number of rotatable bonds is 7. The largest absolute Gasteiger partial charge is 0.379 e. The number of nitrogens with zero attached hydrogens (tertiary/aromatic N) is 5. The number of aliphatic imine (C=N–C) groups is 1. The molecule has 5 rings (SSSR count). The zero-order valence-corrected chi connectivity index (χ0v) is 16.7. The van der Waals surface area contributed by atoms with E-state index >= 15 is 0 Å². The third-order valence-electron chi connectivity index (χ3n) is 5.81. The van der Waals surface area contributed by atoms with E-state index in [0.29, 0.717) is 0 Å². The lowest BCUT2D eigenvalue weighted by atomic mass is 10.1. The quantitative estimate of drug-likeness (QED) is 0.583. The normalized spacial score (nSPS) is 18.2. The van der Waals surface area contributed by atoms with Gasteiger partial charge in [-0.25, -0.2) is 4.98 Å². The van der Waals surface area contributed by atoms with Gasteiger partial charge in [0, 0.05) is 62.6 Å². The fourth-order valence-electron chi connectivity index (χ4n) is 4.31. The molecular formula is C23H27N5O. The predicted octanol–water partition coefficient (Wildman–Crippen LogP) is 3.03. The van der Waals surface area contributed by atoms with Crippen LogP contribution >= 0.6 is 0 Å². The van der Waals surface area contributed by atoms with Crippen LogP contribution in [0.1, 0.15) is 12.0 Å². The smallest absolute Gasteiger partial charge is 0.136 e. The molecule has 0 N–H and O–H groups in total. The van der Waals surface area contributed by atoms with E-state index in [9.17, 15) is 0 Å². The van der Waals surface area contributed by atoms with Crippen LogP contribution in [0.4, 0.5) is 5.69 Å². The van der Waals surface area contributed by atoms with Crippen molar-refractivity contribution in [2.45, 2.75) is 13.0 Å². The number of imidazole rings is 1. The van der Waals surface area contributed by atoms with Gasteiger partial charge < -0.3 is 14.2 Å². The van der Waals surface area contributed by atoms with Gasteiger partial charge in [0.2, 0.25) is 0 Å². The lowest BCUT2D eigenvalue weighted by Crippen LogP contribution is -2.42. The molecule has 150 valence electrons. The van der Waals surface area contributed by atoms with Gasteiger partial charge in [0.05, 0.1) is 25.2 Å². The molecule has 3 aromatic rings. The van der Waals surface area contributed by atoms with Crippen LogP contribution in [-0.2, 0) is 11.3 Å². The van der Waals surface area contributed by atoms with E-state index in [-0.39, 0.29) is 0 Å². The Kier molecular flexibility index (Phi) is 5.28. The molecule has 2 aliphatic rings. The molecule has 0 aliphatic carbocycles. The molecular weight excluding hydrogens is 362 g/mol. The van der Waals surface area contributed by atoms with E-state index in [4.69, 9.17) is 9.73 Å². The molecule has 1 aromatic heterocycles. The standard InChI is InChI=1S/C23H27N5O/c1-4-19-5-2-7-21-22(19)20(6-1)23(25-8-3-10-27-11-9-24-18-27)28(21)13-12-26-14-16-29-17-15-26/h1-2,4-7,9,11,18H,3,8,10,12-17H2. The van der Waals surface area contributed by atoms with Crippen LogP contribution in [0.3, 0.4) is 0 Å². The van der Waals surface area contributed by atoms with Crippen molar-refractivity contribution in [1.29, 1.82) is 0 Å². The van der Waals surface area contributed by atoms with Crippen LogP contribution in [0, 0.1) is 0 Å². The molecule has 2 aromatic carbocycles. The van der Waals surface area contributed by atoms with Crippen molar-refractivity contribution in [3.8, 4) is 0 Å². The molecule has 0 atom stereocenters. The molecule has 0 saturated carbocycles. The summed E-state index contributed by atoms with van der Waals surface area (Å²) in [6.07, 6.45) is 6.71. The van der Waals surface area contributed by atoms with Gasteiger partial charge >= 0.3 is 0 Å². The molecule has 0 unspecified atom stereocenters. The van der Waals surface area contributed by atoms with E-state index in [1.54, 1.807) is 0 Å². The van der Waals surface area contributed by atoms with Gasteiger partial charge in [-0.3, -0.25) is 9.89 Å². The van der Waals surface area contributed by atoms with Gasteiger partial charge in [0.25, 0.3) is 0 Å². The molecule has 0 bridgehead atoms. The Morgan fingerprint density at radius 1 is 1.00 bits per heavy atom. The lowest BCUT2D eigenvalue weighted by molar-refractivity contribution is 0.0395. The average molecular weight is 390 g/mol. The Morgan fingerprint density at radius 3 is 2.69 bits per heavy atom. The summed E-state index contributed by atoms with van der Waals surface area (Å²) in [4.78, 5) is 14.1. The summed E-state index contributed by atoms with van der Waals surface area (Å²) in [5.74, 6) is 1.12. The number of anilines is 1. The molecule has 6 nitrogen and oxygen atoms in total. The highest BCUT2D eigenvalue weighted by atomic mass is 16.5. The molecule has 1 fully saturated rings. The van der Waals surface area contributed by atoms with E-state index in [1.165, 1.54) is 22.0 Å². The molecule has 1 saturated heterocycles. The van der Waals surface area contributed by atoms with E-state index < -0.39 is 0 Å². The Morgan fingerprint density at radius 2 is 1.86 bits per heavy atom. The highest BCUT2D eigenvalue weighted by molar-refractivity contribution is 6.27. The van der Waals surface area contributed by atoms with Crippen molar-refractivity contribution >= 4 is 22.3 Å². The second kappa shape index (κ2) is 8.35. The second-order valence-electron chi connectivity index (χ2n) is 7.65. The molecule has 2 aliphatic heterocycles. The predicted molar refractivity (Wildman–Crippen MR) is 117 cm³/mol. The summed E-state index contributed by atoms with van der Waals surface area (Å²) in [6, 6.07) is 13.2. The van der Waals surface area contributed by atoms with Gasteiger partial charge in [0.1, 0.15) is 5.84 Å². The highest BCUT2D eigenvalue weighted by Gasteiger charge is 2.28. The van der Waals surface area contributed by atoms with Crippen LogP contribution in [0.15, 0.2) is 60.1 Å². The molecule has 3 heterocycles. The van der Waals surface area contributed by atoms with E-state index in [0.717, 1.165) is 64.7 Å². The Balaban J connectivity index is 1.37. The zero-order valence-electron chi connectivity index (χ0n) is 16.7. The van der Waals surface area contributed by atoms with Crippen molar-refractivity contribution in [2.24, 2.45) is 4.99 Å². The monoisotopic (exact) mass is 389 g/mol. The number of amidine groups is 1. The van der Waals surface area contributed by atoms with Crippen molar-refractivity contribution in [3.63, 3.8) is 0 Å². The zero-order chi connectivity index (χ0) is 19.5. The number of morpholine rings is 1. The summed E-state index contributed by atoms with van der Waals surface area (Å²) in [7, 11) is 0. The SMILES string of the molecule is c1cc2c3c(cccc3c1)N(CCN1CCOCC1)C2=NCCCn1ccnc1. The molecule has 29 heavy (non-hydrogen) atoms. The van der Waals surface area contributed by atoms with Gasteiger partial charge in [-0.05, 0) is 17.9 Å². The number of ether oxygens (including phenoxy) is 1. The maximum absolute atomic E-state index is 5.50. The van der Waals surface area contributed by atoms with Crippen LogP contribution in [-0.4, -0.2) is 66.2 Å². The Bertz CT molecular complexity index is 986. The first-order chi connectivity index (χ1) is 14.4. The number of aryl methyl sites for hydroxylation is 1. The number of aromatic nitrogens is 2. The van der Waals surface area contributed by atoms with E-state index in [1.807, 2.05) is 18.7 Å². The Hall–Kier alpha value is -2.70. The van der Waals surface area contributed by atoms with Crippen molar-refractivity contribution in [2.75, 3.05) is 50.8 Å². The fourth-order valence-corrected chi connectivity index (χ4v) is 4.31. The maximum Gasteiger partial charge on any atom is 0.136 e. The van der Waals surface area contributed by atoms with Crippen molar-refractivity contribution in [3.05, 3.63) is 60.7 Å². The molecule has 0 radical (unpaired) electrons. The van der Waals surface area contributed by atoms with Gasteiger partial charge in [-0.1, -0.05) is 30.3 Å². The van der Waals surface area contributed by atoms with E-state index in [2.05, 4.69) is 55.7 Å². The lowest BCUT2D eigenvalue weighted by Gasteiger charge is -2.29. The highest BCUT2D eigenvalue weighted by Crippen LogP contribution is 2.37. The van der Waals surface area contributed by atoms with Gasteiger partial charge in [-0.2, -0.15) is 0 Å². The number of hydrogen-bond donors (Lipinski definition) is 0. The molecule has 0 amide bonds. The summed E-state index contributed by atoms with van der Waals surface area (Å²) < 4.78 is 7.61. The van der Waals surface area contributed by atoms with Crippen LogP contribution in [0.2, 0.25) is 0 Å². The van der Waals surface area contributed by atoms with Crippen molar-refractivity contribution < 1.29 is 4.74 Å². The first-order valence-electron chi connectivity index (χ1n) is 10.5. The fraction of sp³-hybridized carbons (Fsp3) is 0.391. The number of benzene rings is 2. The molecule has 0 spiro atoms. The summed E-state index contributed by atoms with van der Waals surface area (Å²) >= 11 is 0. The first-order valence-corrected chi connectivity index (χ1v) is 10.5. The summed E-state index contributed by atoms with van der Waals surface area (Å²) in [5.41, 5.74) is 2.56. The van der Waals surface area contributed by atoms with Gasteiger partial charge in [-0.15, -0.1) is 0 Å². The minimum Gasteiger partial charge on any atom is -0.379 e. The van der Waals surface area contributed by atoms with Crippen molar-refractivity contribution in [1.82, 2.24) is 14.5 Å². The third-order valence-corrected chi connectivity index (χ3v) is 5.81. The summed E-state index contributed by atoms with van der Waals surface area (Å²) in [6.45, 7) is 7.45. The Labute approximate surface area is 171 Å². The van der Waals surface area contributed by atoms with Crippen LogP contribution in [0.25, 0.3) is 10.8 Å². The average Bonchev–Trinajstić information content (AvgIpc) is 3.39. The third kappa shape index (κ3) is 3.78. The number of hydrogen-bond acceptors (Lipinski definition) is 4. The maximum atomic E-state index is 5.50. The van der Waals surface area contributed by atoms with Crippen LogP contribution < -0.4 is 4.90 Å². The minimum absolute atomic E-state index is 0.811. The first kappa shape index (κ1) is 18.3. The summed E-state index contributed by atoms with van der Waals surface area (Å²) in [5, 5.41) is 2.63. The van der Waals surface area contributed by atoms with Crippen LogP contribution in [0.5, 0.6) is 0 Å². The topological polar surface area (TPSA) is 45.9 Å². The minimum atomic E-state index is 0.811. The van der Waals surface area contributed by atoms with Gasteiger partial charge in [0.15, 0.2) is 0 Å².